The van der Waals surface area contributed by atoms with Gasteiger partial charge >= 0.3 is 5.97 Å². The number of H-pyrrole nitrogens is 1. The molecule has 0 aliphatic carbocycles. The molecular weight excluding hydrogens is 406 g/mol. The summed E-state index contributed by atoms with van der Waals surface area (Å²) in [6.45, 7) is 4.05. The van der Waals surface area contributed by atoms with Crippen LogP contribution in [0.25, 0.3) is 0 Å². The third-order valence-corrected chi connectivity index (χ3v) is 4.99. The molecule has 0 fully saturated rings. The minimum atomic E-state index is -0.766. The molecule has 0 spiro atoms. The molecule has 0 bridgehead atoms. The van der Waals surface area contributed by atoms with Crippen LogP contribution in [0, 0.1) is 4.51 Å². The highest BCUT2D eigenvalue weighted by Crippen LogP contribution is 2.32. The third kappa shape index (κ3) is 4.23. The van der Waals surface area contributed by atoms with Crippen molar-refractivity contribution in [3.8, 4) is 0 Å². The average molecular weight is 426 g/mol. The number of pyridine rings is 1. The number of nitrogen functional groups attached to an aromatic ring is 1. The summed E-state index contributed by atoms with van der Waals surface area (Å²) in [7, 11) is 0. The molecule has 0 aromatic carbocycles. The minimum absolute atomic E-state index is 0.260. The number of nitrogens with one attached hydrogen (secondary N) is 2. The summed E-state index contributed by atoms with van der Waals surface area (Å²) in [4.78, 5) is 24.3. The molecule has 0 aliphatic heterocycles. The number of rotatable bonds is 7. The van der Waals surface area contributed by atoms with Gasteiger partial charge < -0.3 is 15.1 Å². The zero-order valence-corrected chi connectivity index (χ0v) is 16.4. The van der Waals surface area contributed by atoms with E-state index in [1.807, 2.05) is 6.92 Å². The molecule has 2 heterocycles. The summed E-state index contributed by atoms with van der Waals surface area (Å²) in [6.07, 6.45) is 6.29. The molecule has 0 radical (unpaired) electrons. The van der Waals surface area contributed by atoms with Crippen molar-refractivity contribution in [1.29, 1.82) is 0 Å². The van der Waals surface area contributed by atoms with E-state index in [4.69, 9.17) is 22.8 Å². The van der Waals surface area contributed by atoms with E-state index in [0.29, 0.717) is 32.5 Å². The second kappa shape index (κ2) is 9.02. The van der Waals surface area contributed by atoms with E-state index < -0.39 is 11.9 Å². The SMILES string of the molecule is CCCc1c(NN)ncnc1C(C(=O)OCC)c1c[nH]cc(Br)c1=S. The van der Waals surface area contributed by atoms with E-state index in [0.717, 1.165) is 12.0 Å². The number of anilines is 1. The van der Waals surface area contributed by atoms with Gasteiger partial charge in [0.05, 0.1) is 21.3 Å². The first-order valence-corrected chi connectivity index (χ1v) is 9.08. The van der Waals surface area contributed by atoms with Gasteiger partial charge in [-0.1, -0.05) is 25.6 Å². The van der Waals surface area contributed by atoms with Crippen LogP contribution in [0.5, 0.6) is 0 Å². The molecule has 0 saturated carbocycles. The van der Waals surface area contributed by atoms with E-state index in [2.05, 4.69) is 36.3 Å². The Labute approximate surface area is 159 Å². The highest BCUT2D eigenvalue weighted by atomic mass is 79.9. The van der Waals surface area contributed by atoms with Gasteiger partial charge in [0.25, 0.3) is 0 Å². The maximum absolute atomic E-state index is 12.8. The number of halogens is 1. The van der Waals surface area contributed by atoms with Crippen molar-refractivity contribution in [2.75, 3.05) is 12.0 Å². The Hall–Kier alpha value is -1.84. The second-order valence-electron chi connectivity index (χ2n) is 5.25. The highest BCUT2D eigenvalue weighted by molar-refractivity contribution is 9.10. The van der Waals surface area contributed by atoms with Crippen LogP contribution in [0.4, 0.5) is 5.82 Å². The standard InChI is InChI=1S/C16H20BrN5O2S/c1-3-5-9-13(20-8-21-15(9)22-18)12(16(23)24-4-2)10-6-19-7-11(17)14(10)25/h6-8,12H,3-5,18H2,1-2H3,(H,19,25)(H,20,21,22). The Balaban J connectivity index is 2.71. The zero-order valence-electron chi connectivity index (χ0n) is 14.0. The van der Waals surface area contributed by atoms with Gasteiger partial charge in [0.15, 0.2) is 0 Å². The smallest absolute Gasteiger partial charge is 0.319 e. The quantitative estimate of drug-likeness (QED) is 0.270. The molecule has 134 valence electrons. The first-order chi connectivity index (χ1) is 12.0. The number of hydrogen-bond donors (Lipinski definition) is 3. The molecule has 0 saturated heterocycles. The molecule has 4 N–H and O–H groups in total. The van der Waals surface area contributed by atoms with Crippen molar-refractivity contribution in [3.05, 3.63) is 44.5 Å². The van der Waals surface area contributed by atoms with Crippen LogP contribution < -0.4 is 11.3 Å². The number of ether oxygens (including phenoxy) is 1. The molecule has 1 atom stereocenters. The summed E-state index contributed by atoms with van der Waals surface area (Å²) in [5.41, 5.74) is 4.51. The van der Waals surface area contributed by atoms with Crippen LogP contribution in [0.15, 0.2) is 23.2 Å². The van der Waals surface area contributed by atoms with Gasteiger partial charge in [-0.15, -0.1) is 0 Å². The van der Waals surface area contributed by atoms with Gasteiger partial charge in [-0.3, -0.25) is 4.79 Å². The number of carbonyl (C=O) groups is 1. The van der Waals surface area contributed by atoms with Crippen molar-refractivity contribution < 1.29 is 9.53 Å². The van der Waals surface area contributed by atoms with E-state index >= 15 is 0 Å². The zero-order chi connectivity index (χ0) is 18.4. The summed E-state index contributed by atoms with van der Waals surface area (Å²) < 4.78 is 6.51. The highest BCUT2D eigenvalue weighted by Gasteiger charge is 2.30. The lowest BCUT2D eigenvalue weighted by Crippen LogP contribution is -2.22. The molecule has 2 aromatic heterocycles. The van der Waals surface area contributed by atoms with E-state index in [1.165, 1.54) is 6.33 Å². The number of hydrogen-bond acceptors (Lipinski definition) is 7. The molecule has 1 unspecified atom stereocenters. The fourth-order valence-corrected chi connectivity index (χ4v) is 3.19. The average Bonchev–Trinajstić information content (AvgIpc) is 2.60. The Morgan fingerprint density at radius 2 is 2.20 bits per heavy atom. The van der Waals surface area contributed by atoms with E-state index in [-0.39, 0.29) is 6.61 Å². The largest absolute Gasteiger partial charge is 0.465 e. The fraction of sp³-hybridized carbons (Fsp3) is 0.375. The number of esters is 1. The topological polar surface area (TPSA) is 106 Å². The predicted octanol–water partition coefficient (Wildman–Crippen LogP) is 3.23. The number of nitrogens with zero attached hydrogens (tertiary/aromatic N) is 2. The van der Waals surface area contributed by atoms with E-state index in [1.54, 1.807) is 19.3 Å². The number of aromatic nitrogens is 3. The van der Waals surface area contributed by atoms with Crippen molar-refractivity contribution in [1.82, 2.24) is 15.0 Å². The second-order valence-corrected chi connectivity index (χ2v) is 6.52. The molecule has 7 nitrogen and oxygen atoms in total. The lowest BCUT2D eigenvalue weighted by atomic mass is 9.92. The van der Waals surface area contributed by atoms with Crippen molar-refractivity contribution >= 4 is 39.9 Å². The molecular formula is C16H20BrN5O2S. The Morgan fingerprint density at radius 1 is 1.44 bits per heavy atom. The van der Waals surface area contributed by atoms with Crippen LogP contribution in [-0.4, -0.2) is 27.5 Å². The van der Waals surface area contributed by atoms with Gasteiger partial charge in [-0.25, -0.2) is 15.8 Å². The molecule has 2 rings (SSSR count). The molecule has 2 aromatic rings. The van der Waals surface area contributed by atoms with Crippen molar-refractivity contribution in [2.24, 2.45) is 5.84 Å². The minimum Gasteiger partial charge on any atom is -0.465 e. The summed E-state index contributed by atoms with van der Waals surface area (Å²) in [5, 5.41) is 0. The molecule has 25 heavy (non-hydrogen) atoms. The van der Waals surface area contributed by atoms with Crippen LogP contribution in [0.1, 0.15) is 43.0 Å². The summed E-state index contributed by atoms with van der Waals surface area (Å²) in [5.74, 6) is 4.90. The lowest BCUT2D eigenvalue weighted by Gasteiger charge is -2.20. The maximum Gasteiger partial charge on any atom is 0.319 e. The first kappa shape index (κ1) is 19.5. The predicted molar refractivity (Wildman–Crippen MR) is 102 cm³/mol. The molecule has 0 aliphatic rings. The third-order valence-electron chi connectivity index (χ3n) is 3.65. The summed E-state index contributed by atoms with van der Waals surface area (Å²) in [6, 6.07) is 0. The maximum atomic E-state index is 12.8. The van der Waals surface area contributed by atoms with Crippen LogP contribution in [0.3, 0.4) is 0 Å². The number of hydrazine groups is 1. The normalized spacial score (nSPS) is 11.8. The van der Waals surface area contributed by atoms with E-state index in [9.17, 15) is 4.79 Å². The van der Waals surface area contributed by atoms with Crippen LogP contribution in [0.2, 0.25) is 0 Å². The van der Waals surface area contributed by atoms with Gasteiger partial charge in [-0.2, -0.15) is 0 Å². The Morgan fingerprint density at radius 3 is 2.84 bits per heavy atom. The lowest BCUT2D eigenvalue weighted by molar-refractivity contribution is -0.144. The van der Waals surface area contributed by atoms with Gasteiger partial charge in [0.2, 0.25) is 0 Å². The molecule has 0 amide bonds. The Kier molecular flexibility index (Phi) is 7.03. The fourth-order valence-electron chi connectivity index (χ4n) is 2.60. The number of nitrogens with two attached hydrogens (primary N) is 1. The summed E-state index contributed by atoms with van der Waals surface area (Å²) >= 11 is 8.88. The number of carbonyl (C=O) groups excluding carboxylic acids is 1. The van der Waals surface area contributed by atoms with Crippen molar-refractivity contribution in [2.45, 2.75) is 32.6 Å². The monoisotopic (exact) mass is 425 g/mol. The van der Waals surface area contributed by atoms with Gasteiger partial charge in [0.1, 0.15) is 18.1 Å². The first-order valence-electron chi connectivity index (χ1n) is 7.88. The Bertz CT molecular complexity index is 811. The van der Waals surface area contributed by atoms with Crippen LogP contribution >= 0.6 is 28.1 Å². The van der Waals surface area contributed by atoms with Crippen molar-refractivity contribution in [3.63, 3.8) is 0 Å². The van der Waals surface area contributed by atoms with Gasteiger partial charge in [0, 0.05) is 23.5 Å². The number of aromatic amines is 1. The van der Waals surface area contributed by atoms with Crippen LogP contribution in [-0.2, 0) is 16.0 Å². The van der Waals surface area contributed by atoms with Gasteiger partial charge in [-0.05, 0) is 29.3 Å². The molecule has 9 heteroatoms.